The molecule has 94 valence electrons. The Labute approximate surface area is 124 Å². The summed E-state index contributed by atoms with van der Waals surface area (Å²) in [5.74, 6) is 0. The Morgan fingerprint density at radius 1 is 1.28 bits per heavy atom. The molecule has 0 aliphatic carbocycles. The van der Waals surface area contributed by atoms with Gasteiger partial charge in [0.15, 0.2) is 0 Å². The highest BCUT2D eigenvalue weighted by Crippen LogP contribution is 2.28. The molecule has 18 heavy (non-hydrogen) atoms. The van der Waals surface area contributed by atoms with E-state index in [1.54, 1.807) is 23.5 Å². The molecule has 2 aromatic rings. The first kappa shape index (κ1) is 13.5. The lowest BCUT2D eigenvalue weighted by atomic mass is 10.3. The molecule has 1 N–H and O–H groups in total. The zero-order chi connectivity index (χ0) is 13.1. The Kier molecular flexibility index (Phi) is 4.36. The summed E-state index contributed by atoms with van der Waals surface area (Å²) in [5.41, 5.74) is 0.913. The highest BCUT2D eigenvalue weighted by Gasteiger charge is 2.11. The Morgan fingerprint density at radius 2 is 2.06 bits per heavy atom. The smallest absolute Gasteiger partial charge is 0.283 e. The summed E-state index contributed by atoms with van der Waals surface area (Å²) in [6.45, 7) is 0.695. The van der Waals surface area contributed by atoms with E-state index < -0.39 is 4.92 Å². The Hall–Kier alpha value is -0.920. The second kappa shape index (κ2) is 5.81. The maximum absolute atomic E-state index is 10.7. The predicted molar refractivity (Wildman–Crippen MR) is 80.1 cm³/mol. The zero-order valence-corrected chi connectivity index (χ0v) is 13.0. The van der Waals surface area contributed by atoms with Gasteiger partial charge in [-0.3, -0.25) is 10.1 Å². The van der Waals surface area contributed by atoms with Crippen molar-refractivity contribution in [2.45, 2.75) is 6.54 Å². The molecule has 7 heteroatoms. The molecule has 1 aromatic heterocycles. The van der Waals surface area contributed by atoms with E-state index in [1.165, 1.54) is 10.9 Å². The fourth-order valence-corrected chi connectivity index (χ4v) is 3.35. The predicted octanol–water partition coefficient (Wildman–Crippen LogP) is 4.79. The van der Waals surface area contributed by atoms with Crippen LogP contribution >= 0.6 is 43.2 Å². The van der Waals surface area contributed by atoms with Crippen molar-refractivity contribution >= 4 is 54.6 Å². The highest BCUT2D eigenvalue weighted by molar-refractivity contribution is 9.11. The normalized spacial score (nSPS) is 10.3. The van der Waals surface area contributed by atoms with Crippen molar-refractivity contribution in [1.29, 1.82) is 0 Å². The van der Waals surface area contributed by atoms with E-state index in [1.807, 2.05) is 12.1 Å². The van der Waals surface area contributed by atoms with Gasteiger partial charge in [-0.05, 0) is 56.1 Å². The van der Waals surface area contributed by atoms with Crippen LogP contribution in [0.4, 0.5) is 11.4 Å². The Bertz CT molecular complexity index is 586. The van der Waals surface area contributed by atoms with E-state index in [-0.39, 0.29) is 5.69 Å². The minimum Gasteiger partial charge on any atom is -0.380 e. The minimum absolute atomic E-state index is 0.0689. The zero-order valence-electron chi connectivity index (χ0n) is 9.02. The molecule has 0 bridgehead atoms. The van der Waals surface area contributed by atoms with Crippen molar-refractivity contribution < 1.29 is 4.92 Å². The molecule has 0 atom stereocenters. The number of nitrogens with one attached hydrogen (secondary N) is 1. The summed E-state index contributed by atoms with van der Waals surface area (Å²) in [7, 11) is 0. The molecule has 0 unspecified atom stereocenters. The molecule has 0 saturated heterocycles. The molecule has 1 heterocycles. The standard InChI is InChI=1S/C11H8Br2N2O2S/c12-9-5-7(1-3-10(9)15(16)17)14-6-8-2-4-11(13)18-8/h1-5,14H,6H2. The van der Waals surface area contributed by atoms with Crippen LogP contribution in [-0.2, 0) is 6.54 Å². The van der Waals surface area contributed by atoms with Gasteiger partial charge in [0.05, 0.1) is 13.2 Å². The summed E-state index contributed by atoms with van der Waals surface area (Å²) < 4.78 is 1.56. The largest absolute Gasteiger partial charge is 0.380 e. The van der Waals surface area contributed by atoms with Crippen LogP contribution in [0.3, 0.4) is 0 Å². The lowest BCUT2D eigenvalue weighted by molar-refractivity contribution is -0.385. The highest BCUT2D eigenvalue weighted by atomic mass is 79.9. The quantitative estimate of drug-likeness (QED) is 0.601. The van der Waals surface area contributed by atoms with Crippen LogP contribution in [-0.4, -0.2) is 4.92 Å². The van der Waals surface area contributed by atoms with Crippen LogP contribution in [0.2, 0.25) is 0 Å². The van der Waals surface area contributed by atoms with E-state index in [0.717, 1.165) is 9.47 Å². The lowest BCUT2D eigenvalue weighted by Gasteiger charge is -2.05. The molecule has 0 radical (unpaired) electrons. The van der Waals surface area contributed by atoms with E-state index in [9.17, 15) is 10.1 Å². The van der Waals surface area contributed by atoms with Gasteiger partial charge in [-0.1, -0.05) is 0 Å². The Balaban J connectivity index is 2.06. The average molecular weight is 392 g/mol. The number of nitrogens with zero attached hydrogens (tertiary/aromatic N) is 1. The third kappa shape index (κ3) is 3.30. The number of benzene rings is 1. The van der Waals surface area contributed by atoms with Gasteiger partial charge >= 0.3 is 0 Å². The van der Waals surface area contributed by atoms with Crippen LogP contribution < -0.4 is 5.32 Å². The van der Waals surface area contributed by atoms with Gasteiger partial charge in [0.2, 0.25) is 0 Å². The first-order chi connectivity index (χ1) is 8.56. The summed E-state index contributed by atoms with van der Waals surface area (Å²) >= 11 is 8.25. The van der Waals surface area contributed by atoms with E-state index >= 15 is 0 Å². The van der Waals surface area contributed by atoms with Crippen LogP contribution in [0.25, 0.3) is 0 Å². The summed E-state index contributed by atoms with van der Waals surface area (Å²) in [4.78, 5) is 11.4. The molecular weight excluding hydrogens is 384 g/mol. The number of hydrogen-bond acceptors (Lipinski definition) is 4. The van der Waals surface area contributed by atoms with Gasteiger partial charge in [0, 0.05) is 23.2 Å². The number of nitro groups is 1. The lowest BCUT2D eigenvalue weighted by Crippen LogP contribution is -1.98. The van der Waals surface area contributed by atoms with Gasteiger partial charge in [-0.15, -0.1) is 11.3 Å². The van der Waals surface area contributed by atoms with Crippen LogP contribution in [0.15, 0.2) is 38.6 Å². The Morgan fingerprint density at radius 3 is 2.61 bits per heavy atom. The number of nitro benzene ring substituents is 1. The minimum atomic E-state index is -0.412. The van der Waals surface area contributed by atoms with Crippen molar-refractivity contribution in [1.82, 2.24) is 0 Å². The number of hydrogen-bond donors (Lipinski definition) is 1. The summed E-state index contributed by atoms with van der Waals surface area (Å²) in [6, 6.07) is 8.92. The second-order valence-electron chi connectivity index (χ2n) is 3.48. The third-order valence-electron chi connectivity index (χ3n) is 2.24. The van der Waals surface area contributed by atoms with Crippen LogP contribution in [0.5, 0.6) is 0 Å². The molecular formula is C11H8Br2N2O2S. The summed E-state index contributed by atoms with van der Waals surface area (Å²) in [5, 5.41) is 13.9. The second-order valence-corrected chi connectivity index (χ2v) is 6.88. The van der Waals surface area contributed by atoms with Crippen molar-refractivity contribution in [2.24, 2.45) is 0 Å². The number of rotatable bonds is 4. The first-order valence-corrected chi connectivity index (χ1v) is 7.38. The van der Waals surface area contributed by atoms with E-state index in [2.05, 4.69) is 37.2 Å². The number of thiophene rings is 1. The van der Waals surface area contributed by atoms with Crippen molar-refractivity contribution in [3.05, 3.63) is 53.6 Å². The van der Waals surface area contributed by atoms with Gasteiger partial charge in [0.1, 0.15) is 0 Å². The molecule has 0 aliphatic heterocycles. The average Bonchev–Trinajstić information content (AvgIpc) is 2.72. The molecule has 1 aromatic carbocycles. The number of anilines is 1. The molecule has 0 aliphatic rings. The van der Waals surface area contributed by atoms with Gasteiger partial charge < -0.3 is 5.32 Å². The molecule has 2 rings (SSSR count). The maximum Gasteiger partial charge on any atom is 0.283 e. The molecule has 0 saturated carbocycles. The summed E-state index contributed by atoms with van der Waals surface area (Å²) in [6.07, 6.45) is 0. The van der Waals surface area contributed by atoms with Crippen molar-refractivity contribution in [2.75, 3.05) is 5.32 Å². The molecule has 0 spiro atoms. The first-order valence-electron chi connectivity index (χ1n) is 4.98. The fraction of sp³-hybridized carbons (Fsp3) is 0.0909. The molecule has 0 fully saturated rings. The van der Waals surface area contributed by atoms with Gasteiger partial charge in [-0.2, -0.15) is 0 Å². The molecule has 0 amide bonds. The van der Waals surface area contributed by atoms with Gasteiger partial charge in [-0.25, -0.2) is 0 Å². The number of halogens is 2. The SMILES string of the molecule is O=[N+]([O-])c1ccc(NCc2ccc(Br)s2)cc1Br. The van der Waals surface area contributed by atoms with Crippen molar-refractivity contribution in [3.63, 3.8) is 0 Å². The third-order valence-corrected chi connectivity index (χ3v) is 4.50. The van der Waals surface area contributed by atoms with Crippen LogP contribution in [0, 0.1) is 10.1 Å². The topological polar surface area (TPSA) is 55.2 Å². The molecule has 4 nitrogen and oxygen atoms in total. The van der Waals surface area contributed by atoms with Crippen LogP contribution in [0.1, 0.15) is 4.88 Å². The maximum atomic E-state index is 10.7. The van der Waals surface area contributed by atoms with Gasteiger partial charge in [0.25, 0.3) is 5.69 Å². The monoisotopic (exact) mass is 390 g/mol. The van der Waals surface area contributed by atoms with E-state index in [0.29, 0.717) is 11.0 Å². The van der Waals surface area contributed by atoms with Crippen molar-refractivity contribution in [3.8, 4) is 0 Å². The van der Waals surface area contributed by atoms with E-state index in [4.69, 9.17) is 0 Å². The fourth-order valence-electron chi connectivity index (χ4n) is 1.40.